The predicted octanol–water partition coefficient (Wildman–Crippen LogP) is 2.24. The molecular formula is C20H19NO7. The number of aliphatic imine (C=N–C) groups is 1. The van der Waals surface area contributed by atoms with Crippen LogP contribution in [-0.2, 0) is 14.4 Å². The Balaban J connectivity index is 1.90. The molecule has 0 radical (unpaired) electrons. The number of ketones is 1. The topological polar surface area (TPSA) is 122 Å². The van der Waals surface area contributed by atoms with E-state index in [1.165, 1.54) is 0 Å². The van der Waals surface area contributed by atoms with Crippen molar-refractivity contribution in [1.29, 1.82) is 0 Å². The van der Waals surface area contributed by atoms with Crippen LogP contribution in [0.25, 0.3) is 0 Å². The molecule has 0 saturated carbocycles. The lowest BCUT2D eigenvalue weighted by Crippen LogP contribution is -2.42. The lowest BCUT2D eigenvalue weighted by Gasteiger charge is -2.37. The van der Waals surface area contributed by atoms with Crippen LogP contribution in [0.3, 0.4) is 0 Å². The first-order chi connectivity index (χ1) is 13.3. The van der Waals surface area contributed by atoms with Crippen LogP contribution in [0.5, 0.6) is 11.5 Å². The van der Waals surface area contributed by atoms with E-state index in [2.05, 4.69) is 4.99 Å². The number of carboxylic acid groups (broad SMARTS) is 2. The lowest BCUT2D eigenvalue weighted by atomic mass is 9.67. The molecule has 4 atom stereocenters. The lowest BCUT2D eigenvalue weighted by molar-refractivity contribution is -0.147. The minimum Gasteiger partial charge on any atom is -0.481 e. The average molecular weight is 385 g/mol. The first kappa shape index (κ1) is 18.2. The van der Waals surface area contributed by atoms with E-state index < -0.39 is 41.4 Å². The number of benzene rings is 1. The number of Topliss-reactive ketones (excluding diaryl/α,β-unsaturated/α-hetero) is 1. The number of carbonyl (C=O) groups is 3. The van der Waals surface area contributed by atoms with E-state index in [-0.39, 0.29) is 12.4 Å². The Morgan fingerprint density at radius 2 is 1.79 bits per heavy atom. The van der Waals surface area contributed by atoms with Crippen LogP contribution in [0.4, 0.5) is 0 Å². The van der Waals surface area contributed by atoms with Gasteiger partial charge in [0, 0.05) is 22.9 Å². The molecule has 0 bridgehead atoms. The second kappa shape index (κ2) is 6.47. The van der Waals surface area contributed by atoms with E-state index in [4.69, 9.17) is 9.47 Å². The quantitative estimate of drug-likeness (QED) is 0.765. The van der Waals surface area contributed by atoms with Crippen molar-refractivity contribution in [3.63, 3.8) is 0 Å². The Morgan fingerprint density at radius 1 is 1.11 bits per heavy atom. The van der Waals surface area contributed by atoms with Crippen LogP contribution in [-0.4, -0.2) is 40.4 Å². The van der Waals surface area contributed by atoms with E-state index in [9.17, 15) is 24.6 Å². The summed E-state index contributed by atoms with van der Waals surface area (Å²) in [6.45, 7) is 3.39. The Labute approximate surface area is 160 Å². The van der Waals surface area contributed by atoms with Gasteiger partial charge in [0.15, 0.2) is 17.3 Å². The Bertz CT molecular complexity index is 961. The van der Waals surface area contributed by atoms with Crippen molar-refractivity contribution in [1.82, 2.24) is 0 Å². The van der Waals surface area contributed by atoms with Gasteiger partial charge < -0.3 is 19.7 Å². The maximum Gasteiger partial charge on any atom is 0.314 e. The van der Waals surface area contributed by atoms with Crippen molar-refractivity contribution in [2.75, 3.05) is 6.79 Å². The molecule has 1 aromatic rings. The molecule has 0 spiro atoms. The number of carbonyl (C=O) groups excluding carboxylic acids is 1. The first-order valence-electron chi connectivity index (χ1n) is 8.97. The Hall–Kier alpha value is -3.16. The van der Waals surface area contributed by atoms with Crippen molar-refractivity contribution < 1.29 is 34.1 Å². The maximum atomic E-state index is 13.1. The summed E-state index contributed by atoms with van der Waals surface area (Å²) in [5.41, 5.74) is 1.61. The highest BCUT2D eigenvalue weighted by molar-refractivity contribution is 6.13. The standard InChI is InChI=1S/C20H19NO7/c1-8-5-11-17(18(22)14(8)19(23)24)16(15(20(25)26)9(2)21-11)10-3-4-12-13(6-10)28-7-27-12/h3-4,6,8,14-16H,5,7H2,1-2H3,(H,23,24)(H,25,26). The van der Waals surface area contributed by atoms with Crippen LogP contribution in [0.15, 0.2) is 34.5 Å². The molecule has 28 heavy (non-hydrogen) atoms. The van der Waals surface area contributed by atoms with Crippen LogP contribution >= 0.6 is 0 Å². The molecule has 0 aromatic heterocycles. The van der Waals surface area contributed by atoms with Crippen LogP contribution < -0.4 is 9.47 Å². The minimum atomic E-state index is -1.21. The van der Waals surface area contributed by atoms with Gasteiger partial charge in [0.2, 0.25) is 6.79 Å². The number of hydrogen-bond donors (Lipinski definition) is 2. The third kappa shape index (κ3) is 2.67. The molecule has 1 aromatic carbocycles. The molecule has 8 heteroatoms. The summed E-state index contributed by atoms with van der Waals surface area (Å²) < 4.78 is 10.7. The minimum absolute atomic E-state index is 0.0672. The summed E-state index contributed by atoms with van der Waals surface area (Å²) in [5, 5.41) is 19.4. The molecule has 4 rings (SSSR count). The summed E-state index contributed by atoms with van der Waals surface area (Å²) in [5.74, 6) is -5.40. The highest BCUT2D eigenvalue weighted by Crippen LogP contribution is 2.47. The van der Waals surface area contributed by atoms with Gasteiger partial charge in [-0.3, -0.25) is 19.4 Å². The zero-order valence-electron chi connectivity index (χ0n) is 15.3. The van der Waals surface area contributed by atoms with E-state index in [1.807, 2.05) is 0 Å². The molecule has 1 aliphatic carbocycles. The van der Waals surface area contributed by atoms with E-state index in [0.717, 1.165) is 0 Å². The first-order valence-corrected chi connectivity index (χ1v) is 8.97. The highest BCUT2D eigenvalue weighted by atomic mass is 16.7. The molecule has 0 saturated heterocycles. The molecule has 2 aliphatic heterocycles. The molecule has 8 nitrogen and oxygen atoms in total. The van der Waals surface area contributed by atoms with Gasteiger partial charge in [-0.15, -0.1) is 0 Å². The molecule has 146 valence electrons. The largest absolute Gasteiger partial charge is 0.481 e. The molecule has 3 aliphatic rings. The molecular weight excluding hydrogens is 366 g/mol. The molecule has 2 N–H and O–H groups in total. The normalized spacial score (nSPS) is 28.6. The van der Waals surface area contributed by atoms with Gasteiger partial charge in [-0.2, -0.15) is 0 Å². The smallest absolute Gasteiger partial charge is 0.314 e. The Morgan fingerprint density at radius 3 is 2.46 bits per heavy atom. The zero-order valence-corrected chi connectivity index (χ0v) is 15.3. The van der Waals surface area contributed by atoms with Gasteiger partial charge in [0.1, 0.15) is 11.8 Å². The van der Waals surface area contributed by atoms with Crippen molar-refractivity contribution in [2.45, 2.75) is 26.2 Å². The van der Waals surface area contributed by atoms with E-state index >= 15 is 0 Å². The number of ether oxygens (including phenoxy) is 2. The number of nitrogens with zero attached hydrogens (tertiary/aromatic N) is 1. The van der Waals surface area contributed by atoms with Gasteiger partial charge in [-0.1, -0.05) is 13.0 Å². The van der Waals surface area contributed by atoms with Crippen LogP contribution in [0.1, 0.15) is 31.7 Å². The summed E-state index contributed by atoms with van der Waals surface area (Å²) in [4.78, 5) is 41.3. The van der Waals surface area contributed by atoms with E-state index in [1.54, 1.807) is 32.0 Å². The van der Waals surface area contributed by atoms with Crippen molar-refractivity contribution in [2.24, 2.45) is 22.7 Å². The zero-order chi connectivity index (χ0) is 20.2. The number of carboxylic acids is 2. The average Bonchev–Trinajstić information content (AvgIpc) is 3.07. The van der Waals surface area contributed by atoms with Gasteiger partial charge in [0.05, 0.1) is 0 Å². The fourth-order valence-corrected chi connectivity index (χ4v) is 4.37. The third-order valence-corrected chi connectivity index (χ3v) is 5.64. The number of hydrogen-bond acceptors (Lipinski definition) is 6. The maximum absolute atomic E-state index is 13.1. The fourth-order valence-electron chi connectivity index (χ4n) is 4.37. The number of aliphatic carboxylic acids is 2. The molecule has 0 amide bonds. The van der Waals surface area contributed by atoms with Gasteiger partial charge >= 0.3 is 11.9 Å². The summed E-state index contributed by atoms with van der Waals surface area (Å²) in [6, 6.07) is 5.02. The molecule has 0 fully saturated rings. The monoisotopic (exact) mass is 385 g/mol. The third-order valence-electron chi connectivity index (χ3n) is 5.64. The van der Waals surface area contributed by atoms with Crippen molar-refractivity contribution in [3.05, 3.63) is 35.0 Å². The second-order valence-corrected chi connectivity index (χ2v) is 7.38. The number of allylic oxidation sites excluding steroid dienone is 2. The van der Waals surface area contributed by atoms with Crippen molar-refractivity contribution >= 4 is 23.4 Å². The number of fused-ring (bicyclic) bond motifs is 1. The van der Waals surface area contributed by atoms with Crippen molar-refractivity contribution in [3.8, 4) is 11.5 Å². The summed E-state index contributed by atoms with van der Waals surface area (Å²) in [7, 11) is 0. The predicted molar refractivity (Wildman–Crippen MR) is 96.5 cm³/mol. The summed E-state index contributed by atoms with van der Waals surface area (Å²) in [6.07, 6.45) is 0.308. The highest BCUT2D eigenvalue weighted by Gasteiger charge is 2.48. The van der Waals surface area contributed by atoms with Gasteiger partial charge in [-0.05, 0) is 37.0 Å². The van der Waals surface area contributed by atoms with Crippen LogP contribution in [0.2, 0.25) is 0 Å². The van der Waals surface area contributed by atoms with Gasteiger partial charge in [-0.25, -0.2) is 0 Å². The fraction of sp³-hybridized carbons (Fsp3) is 0.400. The molecule has 4 unspecified atom stereocenters. The second-order valence-electron chi connectivity index (χ2n) is 7.38. The summed E-state index contributed by atoms with van der Waals surface area (Å²) >= 11 is 0. The Kier molecular flexibility index (Phi) is 4.21. The van der Waals surface area contributed by atoms with Gasteiger partial charge in [0.25, 0.3) is 0 Å². The molecule has 2 heterocycles. The SMILES string of the molecule is CC1=NC2=C(C(=O)C(C(=O)O)C(C)C2)C(c2ccc3c(c2)OCO3)C1C(=O)O. The number of rotatable bonds is 3. The van der Waals surface area contributed by atoms with E-state index in [0.29, 0.717) is 34.9 Å². The van der Waals surface area contributed by atoms with Crippen LogP contribution in [0, 0.1) is 17.8 Å².